The molecule has 0 aromatic carbocycles. The number of hydrogen-bond donors (Lipinski definition) is 0. The van der Waals surface area contributed by atoms with Crippen molar-refractivity contribution < 1.29 is 310 Å². The van der Waals surface area contributed by atoms with Crippen molar-refractivity contribution in [2.45, 2.75) is 152 Å². The third-order valence-corrected chi connectivity index (χ3v) is 13.5. The van der Waals surface area contributed by atoms with E-state index in [1.165, 1.54) is 12.4 Å². The van der Waals surface area contributed by atoms with Gasteiger partial charge in [-0.3, -0.25) is 38.7 Å². The minimum absolute atomic E-state index is 0. The van der Waals surface area contributed by atoms with Crippen LogP contribution in [0.1, 0.15) is 66.5 Å². The summed E-state index contributed by atoms with van der Waals surface area (Å²) in [5, 5.41) is 83.6. The monoisotopic (exact) mass is 2200 g/mol. The van der Waals surface area contributed by atoms with Crippen LogP contribution >= 0.6 is 31.9 Å². The third-order valence-electron chi connectivity index (χ3n) is 12.6. The SMILES string of the molecule is CC1(C)[N+](=O)C(c2cncc(Br)c2)=[N+]([O-])C1(C)C.CC1(C)[N+](=O)C(c2cncc(Br)c2)=[N+]([O-])C1(C)C.O=C(/C=C(\[O-])C(F)(F)F)C(F)(F)F.O=C(/C=C(\[O-])C(F)(F)F)C(F)(F)F.O=C(/C=C(\[O-])C(F)(F)F)C(F)(F)F.O=C(/C=C(\[O-])C(F)(F)F)C(F)(F)F.O=C(/C=C(\[O-])C(F)(F)F)C(F)(F)F.O=C(/C=C(\[O-])C(F)(F)F)C(F)(F)F.[Tm].[Tm]. The van der Waals surface area contributed by atoms with Crippen molar-refractivity contribution >= 4 is 78.2 Å². The predicted octanol–water partition coefficient (Wildman–Crippen LogP) is 10.4. The average Bonchev–Trinajstić information content (AvgIpc) is 1.58. The van der Waals surface area contributed by atoms with Crippen LogP contribution in [0.3, 0.4) is 0 Å². The molecule has 116 heavy (non-hydrogen) atoms. The molecular weight excluding hydrogens is 2170 g/mol. The summed E-state index contributed by atoms with van der Waals surface area (Å²) < 4.78 is 411. The number of allylic oxidation sites excluding steroid dienone is 12. The van der Waals surface area contributed by atoms with Gasteiger partial charge in [0.05, 0.1) is 0 Å². The number of ketones is 6. The maximum absolute atomic E-state index is 12.4. The molecule has 0 amide bonds. The number of pyridine rings is 2. The van der Waals surface area contributed by atoms with Crippen molar-refractivity contribution in [2.24, 2.45) is 0 Å². The molecule has 2 aromatic heterocycles. The number of carbonyl (C=O) groups is 6. The van der Waals surface area contributed by atoms with Crippen LogP contribution in [0.25, 0.3) is 0 Å². The summed E-state index contributed by atoms with van der Waals surface area (Å²) >= 11 is 6.58. The topological polar surface area (TPSA) is 359 Å². The fraction of sp³-hybridized carbons (Fsp3) is 0.444. The van der Waals surface area contributed by atoms with E-state index in [0.717, 1.165) is 27.9 Å². The number of nitrogens with zero attached hydrogens (tertiary/aromatic N) is 6. The number of hydroxylamine groups is 2. The fourth-order valence-electron chi connectivity index (χ4n) is 5.45. The van der Waals surface area contributed by atoms with Gasteiger partial charge < -0.3 is 41.1 Å². The maximum atomic E-state index is 12.4. The first kappa shape index (κ1) is 119. The smallest absolute Gasteiger partial charge is 0.506 e. The van der Waals surface area contributed by atoms with Gasteiger partial charge in [0, 0.05) is 173 Å². The summed E-state index contributed by atoms with van der Waals surface area (Å²) in [4.78, 5) is 91.6. The zero-order chi connectivity index (χ0) is 92.6. The van der Waals surface area contributed by atoms with Crippen molar-refractivity contribution in [3.05, 3.63) is 148 Å². The number of halogens is 38. The van der Waals surface area contributed by atoms with Gasteiger partial charge in [-0.15, -0.1) is 9.48 Å². The van der Waals surface area contributed by atoms with Gasteiger partial charge in [-0.05, 0) is 115 Å². The molecule has 0 atom stereocenters. The Morgan fingerprint density at radius 3 is 0.526 bits per heavy atom. The second-order valence-corrected chi connectivity index (χ2v) is 23.9. The van der Waals surface area contributed by atoms with Gasteiger partial charge >= 0.3 is 85.8 Å². The molecule has 674 valence electrons. The Hall–Kier alpha value is -7.39. The summed E-state index contributed by atoms with van der Waals surface area (Å²) in [7, 11) is 0. The van der Waals surface area contributed by atoms with Crippen LogP contribution in [0.4, 0.5) is 158 Å². The largest absolute Gasteiger partial charge is 0.869 e. The van der Waals surface area contributed by atoms with Crippen LogP contribution in [0.5, 0.6) is 0 Å². The van der Waals surface area contributed by atoms with Crippen LogP contribution in [-0.2, 0) is 28.8 Å². The number of nitroso groups, excluding NO2 is 2. The molecule has 0 bridgehead atoms. The molecular formula is C54H36Br2F36N6O16Tm2-4. The number of alkyl halides is 36. The molecule has 2 aliphatic heterocycles. The van der Waals surface area contributed by atoms with Crippen LogP contribution < -0.4 is 30.6 Å². The van der Waals surface area contributed by atoms with E-state index in [1.807, 2.05) is 0 Å². The molecule has 0 N–H and O–H groups in total. The summed E-state index contributed by atoms with van der Waals surface area (Å²) in [6.45, 7) is 14.1. The summed E-state index contributed by atoms with van der Waals surface area (Å²) in [6, 6.07) is 3.44. The molecule has 4 heterocycles. The Labute approximate surface area is 693 Å². The molecule has 0 spiro atoms. The minimum atomic E-state index is -5.46. The van der Waals surface area contributed by atoms with Crippen molar-refractivity contribution in [3.8, 4) is 0 Å². The Bertz CT molecular complexity index is 3590. The van der Waals surface area contributed by atoms with Crippen molar-refractivity contribution in [3.63, 3.8) is 0 Å². The number of aromatic nitrogens is 2. The quantitative estimate of drug-likeness (QED) is 0.0779. The standard InChI is InChI=1S/2C12H15BrN3O2.6C5H2F6O2.2Tm/c2*1-11(2)12(3,4)16(18)10(15(11)17)8-5-9(13)7-14-6-8;6*6-4(7,8)2(12)1-3(13)5(9,10)11;;/h2*5-7H,1-4H3;6*1,12H;;/q2*+1;;;;;;;;/p-6/b;;6*2-1-;;. The second kappa shape index (κ2) is 43.0. The fourth-order valence-corrected chi connectivity index (χ4v) is 6.18. The van der Waals surface area contributed by atoms with Crippen molar-refractivity contribution in [2.75, 3.05) is 0 Å². The van der Waals surface area contributed by atoms with E-state index < -0.39 is 202 Å². The molecule has 0 saturated heterocycles. The average molecular weight is 2210 g/mol. The number of carbonyl (C=O) groups excluding carboxylic acids is 6. The van der Waals surface area contributed by atoms with Gasteiger partial charge in [0.15, 0.2) is 0 Å². The molecule has 0 fully saturated rings. The molecule has 62 heteroatoms. The molecule has 0 unspecified atom stereocenters. The molecule has 22 nitrogen and oxygen atoms in total. The third kappa shape index (κ3) is 39.0. The summed E-state index contributed by atoms with van der Waals surface area (Å²) in [6.07, 6.45) is -65.4. The zero-order valence-electron chi connectivity index (χ0n) is 56.1. The summed E-state index contributed by atoms with van der Waals surface area (Å²) in [5.74, 6) is -33.7. The van der Waals surface area contributed by atoms with E-state index in [4.69, 9.17) is 0 Å². The summed E-state index contributed by atoms with van der Waals surface area (Å²) in [5.41, 5.74) is -2.15. The first-order valence-corrected chi connectivity index (χ1v) is 28.5. The number of hydrogen-bond acceptors (Lipinski definition) is 18. The van der Waals surface area contributed by atoms with Crippen LogP contribution in [0.2, 0.25) is 0 Å². The Balaban J connectivity index is -0.000000299. The van der Waals surface area contributed by atoms with E-state index >= 15 is 0 Å². The Morgan fingerprint density at radius 2 is 0.431 bits per heavy atom. The van der Waals surface area contributed by atoms with E-state index in [9.17, 15) is 238 Å². The Kier molecular flexibility index (Phi) is 44.3. The van der Waals surface area contributed by atoms with Crippen LogP contribution in [-0.4, -0.2) is 172 Å². The molecule has 2 aromatic rings. The number of rotatable bonds is 8. The van der Waals surface area contributed by atoms with Gasteiger partial charge in [0.25, 0.3) is 45.8 Å². The zero-order valence-corrected chi connectivity index (χ0v) is 62.8. The van der Waals surface area contributed by atoms with Gasteiger partial charge in [0.1, 0.15) is 20.6 Å². The number of amidine groups is 2. The maximum Gasteiger partial charge on any atom is 0.506 e. The predicted molar refractivity (Wildman–Crippen MR) is 294 cm³/mol. The van der Waals surface area contributed by atoms with Gasteiger partial charge in [0.2, 0.25) is 11.1 Å². The van der Waals surface area contributed by atoms with Crippen LogP contribution in [0.15, 0.2) is 117 Å². The second-order valence-electron chi connectivity index (χ2n) is 22.1. The van der Waals surface area contributed by atoms with E-state index in [1.54, 1.807) is 79.9 Å². The molecule has 2 aliphatic rings. The van der Waals surface area contributed by atoms with Gasteiger partial charge in [-0.2, -0.15) is 158 Å². The minimum Gasteiger partial charge on any atom is -0.869 e. The van der Waals surface area contributed by atoms with E-state index in [2.05, 4.69) is 41.8 Å². The molecule has 0 saturated carbocycles. The van der Waals surface area contributed by atoms with Gasteiger partial charge in [-0.1, -0.05) is 0 Å². The van der Waals surface area contributed by atoms with Crippen LogP contribution in [0, 0.1) is 94.0 Å². The first-order chi connectivity index (χ1) is 49.7. The normalized spacial score (nSPS) is 16.4. The molecule has 4 rings (SSSR count). The molecule has 2 radical (unpaired) electrons. The molecule has 0 aliphatic carbocycles. The first-order valence-electron chi connectivity index (χ1n) is 27.0. The van der Waals surface area contributed by atoms with E-state index in [-0.39, 0.29) is 85.4 Å². The van der Waals surface area contributed by atoms with Crippen molar-refractivity contribution in [1.29, 1.82) is 0 Å². The Morgan fingerprint density at radius 1 is 0.293 bits per heavy atom. The van der Waals surface area contributed by atoms with E-state index in [0.29, 0.717) is 11.1 Å². The van der Waals surface area contributed by atoms with Crippen molar-refractivity contribution in [1.82, 2.24) is 9.97 Å². The van der Waals surface area contributed by atoms with Gasteiger partial charge in [-0.25, -0.2) is 0 Å².